The van der Waals surface area contributed by atoms with Crippen molar-refractivity contribution < 1.29 is 27.8 Å². The lowest BCUT2D eigenvalue weighted by Crippen LogP contribution is -2.46. The van der Waals surface area contributed by atoms with Crippen LogP contribution in [0.4, 0.5) is 18.9 Å². The van der Waals surface area contributed by atoms with Gasteiger partial charge in [-0.2, -0.15) is 13.2 Å². The highest BCUT2D eigenvalue weighted by Gasteiger charge is 2.59. The van der Waals surface area contributed by atoms with Crippen LogP contribution in [0.1, 0.15) is 24.0 Å². The predicted octanol–water partition coefficient (Wildman–Crippen LogP) is 5.20. The molecule has 8 heteroatoms. The molecule has 1 N–H and O–H groups in total. The highest BCUT2D eigenvalue weighted by atomic mass is 35.5. The summed E-state index contributed by atoms with van der Waals surface area (Å²) in [6.07, 6.45) is -1.96. The van der Waals surface area contributed by atoms with E-state index in [1.165, 1.54) is 50.6 Å². The topological polar surface area (TPSA) is 41.9 Å². The van der Waals surface area contributed by atoms with E-state index in [1.54, 1.807) is 24.2 Å². The molecule has 1 heterocycles. The van der Waals surface area contributed by atoms with E-state index in [4.69, 9.17) is 21.1 Å². The minimum Gasteiger partial charge on any atom is -0.497 e. The lowest BCUT2D eigenvalue weighted by atomic mass is 9.77. The fraction of sp³-hybridized carbons (Fsp3) is 0.300. The molecule has 2 unspecified atom stereocenters. The van der Waals surface area contributed by atoms with Crippen LogP contribution in [-0.2, 0) is 5.60 Å². The Morgan fingerprint density at radius 1 is 1.18 bits per heavy atom. The number of aliphatic hydroxyl groups is 1. The van der Waals surface area contributed by atoms with Crippen LogP contribution in [0.3, 0.4) is 0 Å². The van der Waals surface area contributed by atoms with Gasteiger partial charge in [-0.1, -0.05) is 24.6 Å². The molecule has 1 aliphatic rings. The Bertz CT molecular complexity index is 916. The SMILES string of the molecule is COc1ccc(Cl)c(C(C)C(O)(c2ccc3c(c2)N(C)C=CO3)C(F)(F)F)c1. The molecule has 2 aromatic carbocycles. The molecule has 0 aromatic heterocycles. The zero-order valence-electron chi connectivity index (χ0n) is 15.4. The summed E-state index contributed by atoms with van der Waals surface area (Å²) in [5.74, 6) is -0.664. The Morgan fingerprint density at radius 3 is 2.54 bits per heavy atom. The van der Waals surface area contributed by atoms with Crippen molar-refractivity contribution in [1.82, 2.24) is 0 Å². The van der Waals surface area contributed by atoms with Gasteiger partial charge in [0.25, 0.3) is 0 Å². The summed E-state index contributed by atoms with van der Waals surface area (Å²) in [7, 11) is 3.08. The smallest absolute Gasteiger partial charge is 0.422 e. The Kier molecular flexibility index (Phi) is 5.25. The number of fused-ring (bicyclic) bond motifs is 1. The van der Waals surface area contributed by atoms with Crippen LogP contribution in [0.5, 0.6) is 11.5 Å². The molecule has 2 atom stereocenters. The van der Waals surface area contributed by atoms with E-state index >= 15 is 0 Å². The Hall–Kier alpha value is -2.38. The molecule has 3 rings (SSSR count). The van der Waals surface area contributed by atoms with Gasteiger partial charge in [-0.3, -0.25) is 0 Å². The van der Waals surface area contributed by atoms with E-state index in [9.17, 15) is 18.3 Å². The second kappa shape index (κ2) is 7.22. The van der Waals surface area contributed by atoms with Crippen LogP contribution in [0.25, 0.3) is 0 Å². The third-order valence-electron chi connectivity index (χ3n) is 4.99. The van der Waals surface area contributed by atoms with Gasteiger partial charge >= 0.3 is 6.18 Å². The number of hydrogen-bond acceptors (Lipinski definition) is 4. The standard InChI is InChI=1S/C20H19ClF3NO3/c1-12(15-11-14(27-3)5-6-16(15)21)19(26,20(22,23)24)13-4-7-18-17(10-13)25(2)8-9-28-18/h4-12,26H,1-3H3. The van der Waals surface area contributed by atoms with E-state index < -0.39 is 17.7 Å². The van der Waals surface area contributed by atoms with Gasteiger partial charge in [0.1, 0.15) is 17.8 Å². The van der Waals surface area contributed by atoms with Gasteiger partial charge in [-0.05, 0) is 41.5 Å². The fourth-order valence-corrected chi connectivity index (χ4v) is 3.55. The summed E-state index contributed by atoms with van der Waals surface area (Å²) >= 11 is 6.16. The normalized spacial score (nSPS) is 16.8. The first-order chi connectivity index (χ1) is 13.1. The maximum atomic E-state index is 14.2. The highest BCUT2D eigenvalue weighted by Crippen LogP contribution is 2.51. The molecule has 0 saturated carbocycles. The van der Waals surface area contributed by atoms with Crippen LogP contribution in [0.15, 0.2) is 48.9 Å². The Morgan fingerprint density at radius 2 is 1.89 bits per heavy atom. The van der Waals surface area contributed by atoms with Crippen molar-refractivity contribution >= 4 is 17.3 Å². The molecule has 0 amide bonds. The molecule has 150 valence electrons. The minimum atomic E-state index is -4.96. The molecule has 0 aliphatic carbocycles. The molecular formula is C20H19ClF3NO3. The van der Waals surface area contributed by atoms with Crippen LogP contribution in [0.2, 0.25) is 5.02 Å². The maximum Gasteiger partial charge on any atom is 0.422 e. The lowest BCUT2D eigenvalue weighted by Gasteiger charge is -2.37. The second-order valence-corrected chi connectivity index (χ2v) is 6.98. The summed E-state index contributed by atoms with van der Waals surface area (Å²) < 4.78 is 53.0. The number of halogens is 4. The number of rotatable bonds is 4. The van der Waals surface area contributed by atoms with E-state index in [2.05, 4.69) is 0 Å². The third-order valence-corrected chi connectivity index (χ3v) is 5.33. The summed E-state index contributed by atoms with van der Waals surface area (Å²) in [6, 6.07) is 8.28. The average Bonchev–Trinajstić information content (AvgIpc) is 2.66. The van der Waals surface area contributed by atoms with Crippen LogP contribution >= 0.6 is 11.6 Å². The van der Waals surface area contributed by atoms with E-state index in [-0.39, 0.29) is 16.1 Å². The zero-order valence-corrected chi connectivity index (χ0v) is 16.2. The summed E-state index contributed by atoms with van der Waals surface area (Å²) in [5, 5.41) is 11.1. The molecule has 0 saturated heterocycles. The quantitative estimate of drug-likeness (QED) is 0.747. The fourth-order valence-electron chi connectivity index (χ4n) is 3.27. The van der Waals surface area contributed by atoms with Gasteiger partial charge in [0.2, 0.25) is 0 Å². The van der Waals surface area contributed by atoms with Crippen molar-refractivity contribution in [2.45, 2.75) is 24.6 Å². The van der Waals surface area contributed by atoms with E-state index in [1.807, 2.05) is 0 Å². The van der Waals surface area contributed by atoms with Crippen LogP contribution in [0, 0.1) is 0 Å². The van der Waals surface area contributed by atoms with Crippen molar-refractivity contribution in [2.75, 3.05) is 19.1 Å². The number of ether oxygens (including phenoxy) is 2. The van der Waals surface area contributed by atoms with Crippen LogP contribution < -0.4 is 14.4 Å². The molecule has 2 aromatic rings. The molecule has 0 bridgehead atoms. The van der Waals surface area contributed by atoms with E-state index in [0.717, 1.165) is 0 Å². The molecule has 0 fully saturated rings. The van der Waals surface area contributed by atoms with Gasteiger partial charge in [0.05, 0.1) is 12.8 Å². The molecule has 28 heavy (non-hydrogen) atoms. The van der Waals surface area contributed by atoms with E-state index in [0.29, 0.717) is 17.2 Å². The highest BCUT2D eigenvalue weighted by molar-refractivity contribution is 6.31. The Labute approximate surface area is 165 Å². The largest absolute Gasteiger partial charge is 0.497 e. The van der Waals surface area contributed by atoms with Crippen molar-refractivity contribution in [3.8, 4) is 11.5 Å². The Balaban J connectivity index is 2.16. The minimum absolute atomic E-state index is 0.109. The van der Waals surface area contributed by atoms with Gasteiger partial charge < -0.3 is 19.5 Å². The van der Waals surface area contributed by atoms with Gasteiger partial charge in [-0.15, -0.1) is 0 Å². The monoisotopic (exact) mass is 413 g/mol. The van der Waals surface area contributed by atoms with Gasteiger partial charge in [0, 0.05) is 24.2 Å². The molecule has 4 nitrogen and oxygen atoms in total. The average molecular weight is 414 g/mol. The number of methoxy groups -OCH3 is 1. The lowest BCUT2D eigenvalue weighted by molar-refractivity contribution is -0.274. The maximum absolute atomic E-state index is 14.2. The van der Waals surface area contributed by atoms with Gasteiger partial charge in [-0.25, -0.2) is 0 Å². The molecule has 1 aliphatic heterocycles. The molecule has 0 spiro atoms. The summed E-state index contributed by atoms with van der Waals surface area (Å²) in [4.78, 5) is 1.61. The first-order valence-electron chi connectivity index (χ1n) is 8.42. The first kappa shape index (κ1) is 20.4. The third kappa shape index (κ3) is 3.29. The number of alkyl halides is 3. The summed E-state index contributed by atoms with van der Waals surface area (Å²) in [6.45, 7) is 1.29. The molecule has 0 radical (unpaired) electrons. The zero-order chi connectivity index (χ0) is 20.7. The van der Waals surface area contributed by atoms with Crippen molar-refractivity contribution in [3.05, 3.63) is 65.0 Å². The number of benzene rings is 2. The summed E-state index contributed by atoms with van der Waals surface area (Å²) in [5.41, 5.74) is -2.95. The van der Waals surface area contributed by atoms with Crippen LogP contribution in [-0.4, -0.2) is 25.4 Å². The number of nitrogens with zero attached hydrogens (tertiary/aromatic N) is 1. The van der Waals surface area contributed by atoms with Crippen molar-refractivity contribution in [3.63, 3.8) is 0 Å². The second-order valence-electron chi connectivity index (χ2n) is 6.57. The number of hydrogen-bond donors (Lipinski definition) is 1. The van der Waals surface area contributed by atoms with Gasteiger partial charge in [0.15, 0.2) is 5.60 Å². The number of anilines is 1. The van der Waals surface area contributed by atoms with Crippen molar-refractivity contribution in [2.24, 2.45) is 0 Å². The first-order valence-corrected chi connectivity index (χ1v) is 8.80. The predicted molar refractivity (Wildman–Crippen MR) is 101 cm³/mol. The van der Waals surface area contributed by atoms with Crippen molar-refractivity contribution in [1.29, 1.82) is 0 Å². The molecular weight excluding hydrogens is 395 g/mol.